The Bertz CT molecular complexity index is 983. The largest absolute Gasteiger partial charge is 0.325 e. The highest BCUT2D eigenvalue weighted by Crippen LogP contribution is 2.25. The number of thioether (sulfide) groups is 1. The molecule has 0 saturated carbocycles. The third kappa shape index (κ3) is 4.75. The van der Waals surface area contributed by atoms with Crippen molar-refractivity contribution in [1.29, 1.82) is 0 Å². The van der Waals surface area contributed by atoms with Gasteiger partial charge in [0.1, 0.15) is 0 Å². The number of aromatic nitrogens is 3. The van der Waals surface area contributed by atoms with E-state index in [1.165, 1.54) is 17.3 Å². The summed E-state index contributed by atoms with van der Waals surface area (Å²) in [5.41, 5.74) is 3.98. The minimum atomic E-state index is -0.110. The molecule has 0 aliphatic carbocycles. The predicted molar refractivity (Wildman–Crippen MR) is 116 cm³/mol. The van der Waals surface area contributed by atoms with Crippen LogP contribution < -0.4 is 5.32 Å². The first-order valence-corrected chi connectivity index (χ1v) is 10.4. The van der Waals surface area contributed by atoms with E-state index < -0.39 is 0 Å². The Morgan fingerprint density at radius 3 is 2.57 bits per heavy atom. The van der Waals surface area contributed by atoms with Gasteiger partial charge in [-0.05, 0) is 36.1 Å². The number of nitrogens with one attached hydrogen (secondary N) is 1. The standard InChI is InChI=1S/C21H23ClN4OS/c1-13(2)15-6-8-16(9-7-15)20-24-25-21(26(20)4)28-12-19(27)23-18-11-17(22)10-5-14(18)3/h5-11,13H,12H2,1-4H3,(H,23,27). The Kier molecular flexibility index (Phi) is 6.42. The van der Waals surface area contributed by atoms with Crippen molar-refractivity contribution in [2.24, 2.45) is 7.05 Å². The fourth-order valence-corrected chi connectivity index (χ4v) is 3.64. The van der Waals surface area contributed by atoms with Gasteiger partial charge in [-0.25, -0.2) is 0 Å². The van der Waals surface area contributed by atoms with Gasteiger partial charge in [-0.1, -0.05) is 67.5 Å². The van der Waals surface area contributed by atoms with Crippen molar-refractivity contribution < 1.29 is 4.79 Å². The lowest BCUT2D eigenvalue weighted by Gasteiger charge is -2.09. The van der Waals surface area contributed by atoms with Gasteiger partial charge < -0.3 is 9.88 Å². The van der Waals surface area contributed by atoms with Gasteiger partial charge in [-0.15, -0.1) is 10.2 Å². The fraction of sp³-hybridized carbons (Fsp3) is 0.286. The van der Waals surface area contributed by atoms with Gasteiger partial charge in [-0.2, -0.15) is 0 Å². The predicted octanol–water partition coefficient (Wildman–Crippen LogP) is 5.30. The molecule has 0 spiro atoms. The maximum absolute atomic E-state index is 12.3. The van der Waals surface area contributed by atoms with Gasteiger partial charge in [0, 0.05) is 23.3 Å². The molecule has 1 heterocycles. The molecule has 28 heavy (non-hydrogen) atoms. The van der Waals surface area contributed by atoms with E-state index in [4.69, 9.17) is 11.6 Å². The minimum absolute atomic E-state index is 0.110. The maximum Gasteiger partial charge on any atom is 0.234 e. The zero-order chi connectivity index (χ0) is 20.3. The number of halogens is 1. The molecule has 0 aliphatic heterocycles. The van der Waals surface area contributed by atoms with Crippen molar-refractivity contribution in [2.75, 3.05) is 11.1 Å². The number of anilines is 1. The van der Waals surface area contributed by atoms with Crippen LogP contribution in [0.1, 0.15) is 30.9 Å². The van der Waals surface area contributed by atoms with Crippen molar-refractivity contribution >= 4 is 35.0 Å². The van der Waals surface area contributed by atoms with Gasteiger partial charge in [-0.3, -0.25) is 4.79 Å². The number of nitrogens with zero attached hydrogens (tertiary/aromatic N) is 3. The van der Waals surface area contributed by atoms with E-state index in [-0.39, 0.29) is 11.7 Å². The zero-order valence-corrected chi connectivity index (χ0v) is 17.9. The highest BCUT2D eigenvalue weighted by Gasteiger charge is 2.14. The number of hydrogen-bond acceptors (Lipinski definition) is 4. The molecule has 0 aliphatic rings. The molecule has 1 amide bonds. The lowest BCUT2D eigenvalue weighted by molar-refractivity contribution is -0.113. The summed E-state index contributed by atoms with van der Waals surface area (Å²) >= 11 is 7.36. The number of amides is 1. The molecule has 0 fully saturated rings. The second kappa shape index (κ2) is 8.80. The number of hydrogen-bond donors (Lipinski definition) is 1. The van der Waals surface area contributed by atoms with Crippen LogP contribution in [0, 0.1) is 6.92 Å². The van der Waals surface area contributed by atoms with Crippen LogP contribution in [0.5, 0.6) is 0 Å². The van der Waals surface area contributed by atoms with Crippen molar-refractivity contribution in [3.05, 3.63) is 58.6 Å². The van der Waals surface area contributed by atoms with Crippen LogP contribution >= 0.6 is 23.4 Å². The Morgan fingerprint density at radius 1 is 1.18 bits per heavy atom. The summed E-state index contributed by atoms with van der Waals surface area (Å²) in [6.07, 6.45) is 0. The van der Waals surface area contributed by atoms with E-state index in [0.29, 0.717) is 16.1 Å². The van der Waals surface area contributed by atoms with Crippen LogP contribution in [0.25, 0.3) is 11.4 Å². The Morgan fingerprint density at radius 2 is 1.89 bits per heavy atom. The van der Waals surface area contributed by atoms with E-state index in [1.807, 2.05) is 24.6 Å². The first-order valence-electron chi connectivity index (χ1n) is 9.03. The summed E-state index contributed by atoms with van der Waals surface area (Å²) in [5, 5.41) is 12.7. The molecule has 0 unspecified atom stereocenters. The Balaban J connectivity index is 1.65. The lowest BCUT2D eigenvalue weighted by atomic mass is 10.0. The molecule has 0 bridgehead atoms. The second-order valence-corrected chi connectivity index (χ2v) is 8.32. The minimum Gasteiger partial charge on any atom is -0.325 e. The summed E-state index contributed by atoms with van der Waals surface area (Å²) in [5.74, 6) is 1.40. The Labute approximate surface area is 174 Å². The first-order chi connectivity index (χ1) is 13.3. The van der Waals surface area contributed by atoms with E-state index in [9.17, 15) is 4.79 Å². The van der Waals surface area contributed by atoms with Gasteiger partial charge >= 0.3 is 0 Å². The lowest BCUT2D eigenvalue weighted by Crippen LogP contribution is -2.15. The van der Waals surface area contributed by atoms with Crippen molar-refractivity contribution in [1.82, 2.24) is 14.8 Å². The molecule has 7 heteroatoms. The van der Waals surface area contributed by atoms with Crippen LogP contribution in [-0.2, 0) is 11.8 Å². The monoisotopic (exact) mass is 414 g/mol. The Hall–Kier alpha value is -2.31. The van der Waals surface area contributed by atoms with Crippen LogP contribution in [-0.4, -0.2) is 26.4 Å². The first kappa shape index (κ1) is 20.4. The smallest absolute Gasteiger partial charge is 0.234 e. The molecule has 3 rings (SSSR count). The molecular formula is C21H23ClN4OS. The highest BCUT2D eigenvalue weighted by molar-refractivity contribution is 7.99. The summed E-state index contributed by atoms with van der Waals surface area (Å²) in [7, 11) is 1.91. The van der Waals surface area contributed by atoms with Crippen LogP contribution in [0.4, 0.5) is 5.69 Å². The molecule has 146 valence electrons. The topological polar surface area (TPSA) is 59.8 Å². The quantitative estimate of drug-likeness (QED) is 0.556. The number of carbonyl (C=O) groups excluding carboxylic acids is 1. The normalized spacial score (nSPS) is 11.1. The van der Waals surface area contributed by atoms with Crippen molar-refractivity contribution in [3.8, 4) is 11.4 Å². The summed E-state index contributed by atoms with van der Waals surface area (Å²) in [4.78, 5) is 12.3. The summed E-state index contributed by atoms with van der Waals surface area (Å²) in [6, 6.07) is 13.8. The van der Waals surface area contributed by atoms with Gasteiger partial charge in [0.25, 0.3) is 0 Å². The number of aryl methyl sites for hydroxylation is 1. The zero-order valence-electron chi connectivity index (χ0n) is 16.4. The van der Waals surface area contributed by atoms with E-state index in [2.05, 4.69) is 53.6 Å². The van der Waals surface area contributed by atoms with Gasteiger partial charge in [0.05, 0.1) is 5.75 Å². The molecular weight excluding hydrogens is 392 g/mol. The molecule has 1 N–H and O–H groups in total. The highest BCUT2D eigenvalue weighted by atomic mass is 35.5. The number of rotatable bonds is 6. The average Bonchev–Trinajstić information content (AvgIpc) is 3.03. The van der Waals surface area contributed by atoms with E-state index in [0.717, 1.165) is 22.6 Å². The number of benzene rings is 2. The molecule has 0 atom stereocenters. The van der Waals surface area contributed by atoms with Crippen LogP contribution in [0.3, 0.4) is 0 Å². The van der Waals surface area contributed by atoms with E-state index >= 15 is 0 Å². The average molecular weight is 415 g/mol. The van der Waals surface area contributed by atoms with Gasteiger partial charge in [0.2, 0.25) is 5.91 Å². The van der Waals surface area contributed by atoms with Crippen molar-refractivity contribution in [3.63, 3.8) is 0 Å². The number of carbonyl (C=O) groups is 1. The second-order valence-electron chi connectivity index (χ2n) is 6.94. The van der Waals surface area contributed by atoms with Crippen LogP contribution in [0.2, 0.25) is 5.02 Å². The molecule has 3 aromatic rings. The van der Waals surface area contributed by atoms with Gasteiger partial charge in [0.15, 0.2) is 11.0 Å². The fourth-order valence-electron chi connectivity index (χ4n) is 2.75. The third-order valence-corrected chi connectivity index (χ3v) is 5.73. The molecule has 0 saturated heterocycles. The van der Waals surface area contributed by atoms with Crippen molar-refractivity contribution in [2.45, 2.75) is 31.8 Å². The third-order valence-electron chi connectivity index (χ3n) is 4.48. The SMILES string of the molecule is Cc1ccc(Cl)cc1NC(=O)CSc1nnc(-c2ccc(C(C)C)cc2)n1C. The van der Waals surface area contributed by atoms with E-state index in [1.54, 1.807) is 12.1 Å². The molecule has 0 radical (unpaired) electrons. The maximum atomic E-state index is 12.3. The molecule has 2 aromatic carbocycles. The summed E-state index contributed by atoms with van der Waals surface area (Å²) in [6.45, 7) is 6.27. The molecule has 5 nitrogen and oxygen atoms in total. The van der Waals surface area contributed by atoms with Crippen LogP contribution in [0.15, 0.2) is 47.6 Å². The molecule has 1 aromatic heterocycles. The summed E-state index contributed by atoms with van der Waals surface area (Å²) < 4.78 is 1.91.